The lowest BCUT2D eigenvalue weighted by Crippen LogP contribution is -2.42. The van der Waals surface area contributed by atoms with E-state index in [1.807, 2.05) is 0 Å². The van der Waals surface area contributed by atoms with Gasteiger partial charge in [0.25, 0.3) is 0 Å². The third kappa shape index (κ3) is 6.20. The van der Waals surface area contributed by atoms with Gasteiger partial charge < -0.3 is 15.0 Å². The number of carbonyl (C=O) groups excluding carboxylic acids is 1. The standard InChI is InChI=1S/C16H21F3N2O2.ClH/c1-11-9-13(7-8-20-11)15(22)21(2)10-12-3-5-14(6-4-12)23-16(17,18)19;/h3-6,11,13,20H,7-10H2,1-2H3;1H/t11-,13-;/m0./s1. The van der Waals surface area contributed by atoms with Crippen molar-refractivity contribution in [2.24, 2.45) is 5.92 Å². The number of alkyl halides is 3. The summed E-state index contributed by atoms with van der Waals surface area (Å²) in [7, 11) is 1.72. The monoisotopic (exact) mass is 366 g/mol. The minimum Gasteiger partial charge on any atom is -0.406 e. The van der Waals surface area contributed by atoms with Gasteiger partial charge in [0.1, 0.15) is 5.75 Å². The van der Waals surface area contributed by atoms with Gasteiger partial charge in [-0.1, -0.05) is 12.1 Å². The van der Waals surface area contributed by atoms with Crippen molar-refractivity contribution >= 4 is 18.3 Å². The summed E-state index contributed by atoms with van der Waals surface area (Å²) in [5.74, 6) is -0.180. The number of nitrogens with one attached hydrogen (secondary N) is 1. The number of carbonyl (C=O) groups is 1. The number of amides is 1. The van der Waals surface area contributed by atoms with Crippen molar-refractivity contribution in [3.05, 3.63) is 29.8 Å². The maximum absolute atomic E-state index is 12.4. The van der Waals surface area contributed by atoms with Crippen LogP contribution in [-0.4, -0.2) is 36.8 Å². The van der Waals surface area contributed by atoms with Gasteiger partial charge in [0, 0.05) is 25.6 Å². The minimum atomic E-state index is -4.69. The molecule has 4 nitrogen and oxygen atoms in total. The van der Waals surface area contributed by atoms with Crippen LogP contribution in [0.1, 0.15) is 25.3 Å². The zero-order valence-corrected chi connectivity index (χ0v) is 14.4. The maximum atomic E-state index is 12.4. The zero-order valence-electron chi connectivity index (χ0n) is 13.6. The molecule has 0 spiro atoms. The van der Waals surface area contributed by atoms with E-state index in [4.69, 9.17) is 0 Å². The molecular weight excluding hydrogens is 345 g/mol. The summed E-state index contributed by atoms with van der Waals surface area (Å²) in [4.78, 5) is 14.1. The van der Waals surface area contributed by atoms with Crippen LogP contribution in [-0.2, 0) is 11.3 Å². The first-order valence-electron chi connectivity index (χ1n) is 7.57. The molecule has 0 bridgehead atoms. The second-order valence-electron chi connectivity index (χ2n) is 5.96. The van der Waals surface area contributed by atoms with Gasteiger partial charge in [-0.25, -0.2) is 0 Å². The lowest BCUT2D eigenvalue weighted by Gasteiger charge is -2.30. The van der Waals surface area contributed by atoms with Crippen molar-refractivity contribution in [3.8, 4) is 5.75 Å². The van der Waals surface area contributed by atoms with Gasteiger partial charge >= 0.3 is 6.36 Å². The van der Waals surface area contributed by atoms with Crippen LogP contribution in [0.25, 0.3) is 0 Å². The Morgan fingerprint density at radius 3 is 2.50 bits per heavy atom. The quantitative estimate of drug-likeness (QED) is 0.888. The highest BCUT2D eigenvalue weighted by Crippen LogP contribution is 2.23. The fourth-order valence-corrected chi connectivity index (χ4v) is 2.82. The summed E-state index contributed by atoms with van der Waals surface area (Å²) in [6, 6.07) is 5.91. The molecule has 1 heterocycles. The number of hydrogen-bond donors (Lipinski definition) is 1. The first-order valence-corrected chi connectivity index (χ1v) is 7.57. The van der Waals surface area contributed by atoms with Gasteiger partial charge in [0.05, 0.1) is 0 Å². The van der Waals surface area contributed by atoms with Crippen molar-refractivity contribution in [1.29, 1.82) is 0 Å². The van der Waals surface area contributed by atoms with E-state index in [1.165, 1.54) is 24.3 Å². The predicted octanol–water partition coefficient (Wildman–Crippen LogP) is 3.35. The summed E-state index contributed by atoms with van der Waals surface area (Å²) in [6.45, 7) is 3.25. The number of halogens is 4. The van der Waals surface area contributed by atoms with Crippen LogP contribution in [0.3, 0.4) is 0 Å². The highest BCUT2D eigenvalue weighted by molar-refractivity contribution is 5.85. The van der Waals surface area contributed by atoms with Gasteiger partial charge in [-0.05, 0) is 44.0 Å². The summed E-state index contributed by atoms with van der Waals surface area (Å²) >= 11 is 0. The Morgan fingerprint density at radius 2 is 1.96 bits per heavy atom. The van der Waals surface area contributed by atoms with E-state index in [0.29, 0.717) is 12.6 Å². The van der Waals surface area contributed by atoms with Crippen LogP contribution in [0, 0.1) is 5.92 Å². The summed E-state index contributed by atoms with van der Waals surface area (Å²) in [6.07, 6.45) is -3.08. The molecule has 2 rings (SSSR count). The molecule has 1 fully saturated rings. The van der Waals surface area contributed by atoms with Crippen LogP contribution in [0.15, 0.2) is 24.3 Å². The van der Waals surface area contributed by atoms with Gasteiger partial charge in [-0.15, -0.1) is 25.6 Å². The van der Waals surface area contributed by atoms with Crippen LogP contribution in [0.5, 0.6) is 5.75 Å². The smallest absolute Gasteiger partial charge is 0.406 e. The second kappa shape index (κ2) is 8.58. The second-order valence-corrected chi connectivity index (χ2v) is 5.96. The predicted molar refractivity (Wildman–Crippen MR) is 87.0 cm³/mol. The van der Waals surface area contributed by atoms with Crippen molar-refractivity contribution in [3.63, 3.8) is 0 Å². The first kappa shape index (κ1) is 20.6. The molecule has 24 heavy (non-hydrogen) atoms. The van der Waals surface area contributed by atoms with Gasteiger partial charge in [-0.2, -0.15) is 0 Å². The normalized spacial score (nSPS) is 20.9. The first-order chi connectivity index (χ1) is 10.7. The van der Waals surface area contributed by atoms with Crippen molar-refractivity contribution in [2.75, 3.05) is 13.6 Å². The molecule has 2 atom stereocenters. The molecule has 1 N–H and O–H groups in total. The Morgan fingerprint density at radius 1 is 1.33 bits per heavy atom. The Hall–Kier alpha value is -1.47. The van der Waals surface area contributed by atoms with Gasteiger partial charge in [0.15, 0.2) is 0 Å². The summed E-state index contributed by atoms with van der Waals surface area (Å²) < 4.78 is 40.2. The highest BCUT2D eigenvalue weighted by Gasteiger charge is 2.31. The molecule has 0 aliphatic carbocycles. The van der Waals surface area contributed by atoms with E-state index in [-0.39, 0.29) is 30.0 Å². The number of benzene rings is 1. The van der Waals surface area contributed by atoms with E-state index < -0.39 is 6.36 Å². The largest absolute Gasteiger partial charge is 0.573 e. The van der Waals surface area contributed by atoms with E-state index in [1.54, 1.807) is 11.9 Å². The van der Waals surface area contributed by atoms with Crippen molar-refractivity contribution in [2.45, 2.75) is 38.7 Å². The van der Waals surface area contributed by atoms with Crippen LogP contribution >= 0.6 is 12.4 Å². The highest BCUT2D eigenvalue weighted by atomic mass is 35.5. The number of piperidine rings is 1. The summed E-state index contributed by atoms with van der Waals surface area (Å²) in [5, 5.41) is 3.30. The lowest BCUT2D eigenvalue weighted by molar-refractivity contribution is -0.274. The molecule has 1 aromatic rings. The molecular formula is C16H22ClF3N2O2. The molecule has 8 heteroatoms. The Kier molecular flexibility index (Phi) is 7.35. The SMILES string of the molecule is C[C@H]1C[C@@H](C(=O)N(C)Cc2ccc(OC(F)(F)F)cc2)CCN1.Cl. The van der Waals surface area contributed by atoms with Crippen molar-refractivity contribution < 1.29 is 22.7 Å². The number of nitrogens with zero attached hydrogens (tertiary/aromatic N) is 1. The van der Waals surface area contributed by atoms with E-state index in [9.17, 15) is 18.0 Å². The molecule has 136 valence electrons. The molecule has 0 unspecified atom stereocenters. The fraction of sp³-hybridized carbons (Fsp3) is 0.562. The van der Waals surface area contributed by atoms with Crippen molar-refractivity contribution in [1.82, 2.24) is 10.2 Å². The van der Waals surface area contributed by atoms with Gasteiger partial charge in [-0.3, -0.25) is 4.79 Å². The van der Waals surface area contributed by atoms with Crippen LogP contribution in [0.4, 0.5) is 13.2 Å². The molecule has 1 aromatic carbocycles. The lowest BCUT2D eigenvalue weighted by atomic mass is 9.92. The fourth-order valence-electron chi connectivity index (χ4n) is 2.82. The molecule has 0 aromatic heterocycles. The van der Waals surface area contributed by atoms with E-state index in [2.05, 4.69) is 17.0 Å². The molecule has 1 aliphatic rings. The molecule has 0 radical (unpaired) electrons. The van der Waals surface area contributed by atoms with Crippen LogP contribution in [0.2, 0.25) is 0 Å². The zero-order chi connectivity index (χ0) is 17.0. The molecule has 1 saturated heterocycles. The third-order valence-corrected chi connectivity index (χ3v) is 3.93. The molecule has 1 aliphatic heterocycles. The Labute approximate surface area is 145 Å². The average molecular weight is 367 g/mol. The number of ether oxygens (including phenoxy) is 1. The van der Waals surface area contributed by atoms with Crippen LogP contribution < -0.4 is 10.1 Å². The van der Waals surface area contributed by atoms with Gasteiger partial charge in [0.2, 0.25) is 5.91 Å². The average Bonchev–Trinajstić information content (AvgIpc) is 2.47. The number of rotatable bonds is 4. The molecule has 1 amide bonds. The third-order valence-electron chi connectivity index (χ3n) is 3.93. The minimum absolute atomic E-state index is 0. The molecule has 0 saturated carbocycles. The number of hydrogen-bond acceptors (Lipinski definition) is 3. The Bertz CT molecular complexity index is 537. The van der Waals surface area contributed by atoms with E-state index >= 15 is 0 Å². The maximum Gasteiger partial charge on any atom is 0.573 e. The van der Waals surface area contributed by atoms with E-state index in [0.717, 1.165) is 24.9 Å². The summed E-state index contributed by atoms with van der Waals surface area (Å²) in [5.41, 5.74) is 0.761. The Balaban J connectivity index is 0.00000288. The topological polar surface area (TPSA) is 41.6 Å².